The first kappa shape index (κ1) is 11.2. The average molecular weight is 195 g/mol. The summed E-state index contributed by atoms with van der Waals surface area (Å²) in [5.74, 6) is 0. The van der Waals surface area contributed by atoms with E-state index in [-0.39, 0.29) is 0 Å². The van der Waals surface area contributed by atoms with Crippen molar-refractivity contribution in [3.63, 3.8) is 0 Å². The van der Waals surface area contributed by atoms with E-state index in [2.05, 4.69) is 30.5 Å². The Kier molecular flexibility index (Phi) is 4.66. The zero-order valence-electron chi connectivity index (χ0n) is 9.45. The summed E-state index contributed by atoms with van der Waals surface area (Å²) >= 11 is 0. The van der Waals surface area contributed by atoms with Gasteiger partial charge in [-0.15, -0.1) is 0 Å². The lowest BCUT2D eigenvalue weighted by Crippen LogP contribution is -2.26. The van der Waals surface area contributed by atoms with Gasteiger partial charge < -0.3 is 5.32 Å². The highest BCUT2D eigenvalue weighted by atomic mass is 15.2. The molecule has 0 aliphatic heterocycles. The molecule has 80 valence electrons. The van der Waals surface area contributed by atoms with Gasteiger partial charge in [0.2, 0.25) is 0 Å². The minimum absolute atomic E-state index is 0.607. The van der Waals surface area contributed by atoms with Crippen molar-refractivity contribution >= 4 is 0 Å². The molecule has 14 heavy (non-hydrogen) atoms. The number of hydrogen-bond donors (Lipinski definition) is 1. The van der Waals surface area contributed by atoms with Crippen LogP contribution in [0.1, 0.15) is 32.3 Å². The first-order chi connectivity index (χ1) is 6.72. The second-order valence-electron chi connectivity index (χ2n) is 3.92. The number of hydrogen-bond acceptors (Lipinski definition) is 2. The molecule has 0 saturated carbocycles. The third-order valence-corrected chi connectivity index (χ3v) is 2.37. The Morgan fingerprint density at radius 1 is 1.57 bits per heavy atom. The van der Waals surface area contributed by atoms with Crippen molar-refractivity contribution in [1.29, 1.82) is 0 Å². The van der Waals surface area contributed by atoms with Crippen LogP contribution < -0.4 is 5.32 Å². The van der Waals surface area contributed by atoms with Crippen LogP contribution in [0.25, 0.3) is 0 Å². The monoisotopic (exact) mass is 195 g/mol. The Hall–Kier alpha value is -0.830. The van der Waals surface area contributed by atoms with E-state index in [1.807, 2.05) is 17.9 Å². The molecule has 0 spiro atoms. The molecule has 1 heterocycles. The molecule has 0 fully saturated rings. The molecule has 0 saturated heterocycles. The second kappa shape index (κ2) is 5.81. The molecule has 1 aromatic heterocycles. The zero-order valence-corrected chi connectivity index (χ0v) is 9.45. The number of aromatic nitrogens is 2. The Morgan fingerprint density at radius 3 is 2.93 bits per heavy atom. The van der Waals surface area contributed by atoms with Crippen LogP contribution in [-0.2, 0) is 13.5 Å². The van der Waals surface area contributed by atoms with Crippen molar-refractivity contribution in [2.24, 2.45) is 7.05 Å². The van der Waals surface area contributed by atoms with Crippen molar-refractivity contribution in [2.75, 3.05) is 6.54 Å². The molecule has 1 unspecified atom stereocenters. The predicted molar refractivity (Wildman–Crippen MR) is 59.3 cm³/mol. The number of nitrogens with zero attached hydrogens (tertiary/aromatic N) is 2. The first-order valence-electron chi connectivity index (χ1n) is 5.43. The van der Waals surface area contributed by atoms with Gasteiger partial charge in [-0.05, 0) is 38.3 Å². The molecule has 1 rings (SSSR count). The van der Waals surface area contributed by atoms with Gasteiger partial charge in [-0.3, -0.25) is 4.68 Å². The molecule has 0 radical (unpaired) electrons. The normalized spacial score (nSPS) is 13.1. The topological polar surface area (TPSA) is 29.9 Å². The highest BCUT2D eigenvalue weighted by Gasteiger charge is 2.02. The van der Waals surface area contributed by atoms with Gasteiger partial charge in [0.15, 0.2) is 0 Å². The van der Waals surface area contributed by atoms with Gasteiger partial charge in [0.1, 0.15) is 0 Å². The van der Waals surface area contributed by atoms with Crippen molar-refractivity contribution in [1.82, 2.24) is 15.1 Å². The smallest absolute Gasteiger partial charge is 0.0521 e. The van der Waals surface area contributed by atoms with Gasteiger partial charge in [-0.2, -0.15) is 5.10 Å². The van der Waals surface area contributed by atoms with Crippen LogP contribution in [0.15, 0.2) is 12.4 Å². The van der Waals surface area contributed by atoms with Crippen molar-refractivity contribution < 1.29 is 0 Å². The van der Waals surface area contributed by atoms with E-state index < -0.39 is 0 Å². The lowest BCUT2D eigenvalue weighted by atomic mass is 10.1. The van der Waals surface area contributed by atoms with Gasteiger partial charge in [-0.25, -0.2) is 0 Å². The lowest BCUT2D eigenvalue weighted by molar-refractivity contribution is 0.513. The van der Waals surface area contributed by atoms with E-state index in [0.717, 1.165) is 13.0 Å². The van der Waals surface area contributed by atoms with E-state index in [9.17, 15) is 0 Å². The van der Waals surface area contributed by atoms with Crippen molar-refractivity contribution in [3.05, 3.63) is 18.0 Å². The standard InChI is InChI=1S/C11H21N3/c1-4-7-12-10(2)5-6-11-8-13-14(3)9-11/h8-10,12H,4-7H2,1-3H3. The maximum Gasteiger partial charge on any atom is 0.0521 e. The van der Waals surface area contributed by atoms with Gasteiger partial charge in [0, 0.05) is 19.3 Å². The van der Waals surface area contributed by atoms with E-state index in [0.29, 0.717) is 6.04 Å². The van der Waals surface area contributed by atoms with Crippen LogP contribution in [0.4, 0.5) is 0 Å². The van der Waals surface area contributed by atoms with Crippen molar-refractivity contribution in [3.8, 4) is 0 Å². The molecular formula is C11H21N3. The maximum absolute atomic E-state index is 4.15. The fourth-order valence-electron chi connectivity index (χ4n) is 1.48. The highest BCUT2D eigenvalue weighted by Crippen LogP contribution is 2.03. The molecule has 3 heteroatoms. The summed E-state index contributed by atoms with van der Waals surface area (Å²) in [6.45, 7) is 5.56. The first-order valence-corrected chi connectivity index (χ1v) is 5.43. The highest BCUT2D eigenvalue weighted by molar-refractivity contribution is 5.03. The molecule has 0 aliphatic carbocycles. The average Bonchev–Trinajstić information content (AvgIpc) is 2.58. The van der Waals surface area contributed by atoms with Crippen molar-refractivity contribution in [2.45, 2.75) is 39.2 Å². The molecule has 0 bridgehead atoms. The quantitative estimate of drug-likeness (QED) is 0.749. The van der Waals surface area contributed by atoms with Crippen LogP contribution in [0.2, 0.25) is 0 Å². The Labute approximate surface area is 86.5 Å². The van der Waals surface area contributed by atoms with Crippen LogP contribution in [0.5, 0.6) is 0 Å². The number of nitrogens with one attached hydrogen (secondary N) is 1. The Balaban J connectivity index is 2.20. The lowest BCUT2D eigenvalue weighted by Gasteiger charge is -2.11. The van der Waals surface area contributed by atoms with E-state index >= 15 is 0 Å². The molecule has 3 nitrogen and oxygen atoms in total. The molecule has 1 atom stereocenters. The SMILES string of the molecule is CCCNC(C)CCc1cnn(C)c1. The van der Waals surface area contributed by atoms with Crippen LogP contribution in [-0.4, -0.2) is 22.4 Å². The molecule has 1 N–H and O–H groups in total. The number of aryl methyl sites for hydroxylation is 2. The molecule has 0 aliphatic rings. The van der Waals surface area contributed by atoms with E-state index in [1.54, 1.807) is 0 Å². The van der Waals surface area contributed by atoms with Gasteiger partial charge in [0.25, 0.3) is 0 Å². The van der Waals surface area contributed by atoms with Gasteiger partial charge in [0.05, 0.1) is 6.20 Å². The summed E-state index contributed by atoms with van der Waals surface area (Å²) in [4.78, 5) is 0. The maximum atomic E-state index is 4.15. The molecule has 1 aromatic rings. The Morgan fingerprint density at radius 2 is 2.36 bits per heavy atom. The van der Waals surface area contributed by atoms with Crippen LogP contribution >= 0.6 is 0 Å². The summed E-state index contributed by atoms with van der Waals surface area (Å²) in [5, 5.41) is 7.64. The molecule has 0 amide bonds. The van der Waals surface area contributed by atoms with E-state index in [4.69, 9.17) is 0 Å². The fraction of sp³-hybridized carbons (Fsp3) is 0.727. The minimum Gasteiger partial charge on any atom is -0.314 e. The summed E-state index contributed by atoms with van der Waals surface area (Å²) in [6.07, 6.45) is 7.55. The molecule has 0 aromatic carbocycles. The Bertz CT molecular complexity index is 255. The third-order valence-electron chi connectivity index (χ3n) is 2.37. The summed E-state index contributed by atoms with van der Waals surface area (Å²) in [7, 11) is 1.96. The third kappa shape index (κ3) is 3.92. The van der Waals surface area contributed by atoms with E-state index in [1.165, 1.54) is 18.4 Å². The van der Waals surface area contributed by atoms with Gasteiger partial charge >= 0.3 is 0 Å². The number of rotatable bonds is 6. The summed E-state index contributed by atoms with van der Waals surface area (Å²) < 4.78 is 1.86. The summed E-state index contributed by atoms with van der Waals surface area (Å²) in [5.41, 5.74) is 1.33. The predicted octanol–water partition coefficient (Wildman–Crippen LogP) is 1.74. The van der Waals surface area contributed by atoms with Crippen LogP contribution in [0.3, 0.4) is 0 Å². The zero-order chi connectivity index (χ0) is 10.4. The molecular weight excluding hydrogens is 174 g/mol. The van der Waals surface area contributed by atoms with Gasteiger partial charge in [-0.1, -0.05) is 6.92 Å². The van der Waals surface area contributed by atoms with Crippen LogP contribution in [0, 0.1) is 0 Å². The second-order valence-corrected chi connectivity index (χ2v) is 3.92. The minimum atomic E-state index is 0.607. The fourth-order valence-corrected chi connectivity index (χ4v) is 1.48. The largest absolute Gasteiger partial charge is 0.314 e. The summed E-state index contributed by atoms with van der Waals surface area (Å²) in [6, 6.07) is 0.607.